The van der Waals surface area contributed by atoms with Gasteiger partial charge in [-0.1, -0.05) is 45.0 Å². The molecule has 0 N–H and O–H groups in total. The second kappa shape index (κ2) is 4.62. The molecule has 104 valence electrons. The highest BCUT2D eigenvalue weighted by molar-refractivity contribution is 5.78. The molecule has 1 aliphatic carbocycles. The van der Waals surface area contributed by atoms with E-state index in [0.29, 0.717) is 12.2 Å². The van der Waals surface area contributed by atoms with E-state index in [4.69, 9.17) is 4.74 Å². The molecule has 0 saturated heterocycles. The lowest BCUT2D eigenvalue weighted by molar-refractivity contribution is -0.145. The first-order valence-corrected chi connectivity index (χ1v) is 6.75. The SMILES string of the molecule is CCOC(=O)[C@H]1C[C@]1(F)c1ccc(C(C)(C)C)cc1. The summed E-state index contributed by atoms with van der Waals surface area (Å²) in [5, 5.41) is 0. The molecule has 0 unspecified atom stereocenters. The van der Waals surface area contributed by atoms with Crippen LogP contribution in [0.3, 0.4) is 0 Å². The standard InChI is InChI=1S/C16H21FO2/c1-5-19-14(18)13-10-16(13,17)12-8-6-11(7-9-12)15(2,3)4/h6-9,13H,5,10H2,1-4H3/t13-,16+/m1/s1. The lowest BCUT2D eigenvalue weighted by Gasteiger charge is -2.19. The van der Waals surface area contributed by atoms with Crippen molar-refractivity contribution < 1.29 is 13.9 Å². The van der Waals surface area contributed by atoms with Gasteiger partial charge in [-0.2, -0.15) is 0 Å². The zero-order valence-electron chi connectivity index (χ0n) is 12.0. The van der Waals surface area contributed by atoms with Crippen LogP contribution in [0.1, 0.15) is 45.2 Å². The van der Waals surface area contributed by atoms with Crippen LogP contribution in [0.2, 0.25) is 0 Å². The Morgan fingerprint density at radius 2 is 1.95 bits per heavy atom. The zero-order valence-corrected chi connectivity index (χ0v) is 12.0. The van der Waals surface area contributed by atoms with Gasteiger partial charge in [0.1, 0.15) is 5.67 Å². The van der Waals surface area contributed by atoms with Gasteiger partial charge in [-0.3, -0.25) is 4.79 Å². The van der Waals surface area contributed by atoms with E-state index in [0.717, 1.165) is 5.56 Å². The number of ether oxygens (including phenoxy) is 1. The molecule has 2 nitrogen and oxygen atoms in total. The average Bonchev–Trinajstić information content (AvgIpc) is 3.03. The van der Waals surface area contributed by atoms with Crippen molar-refractivity contribution >= 4 is 5.97 Å². The minimum Gasteiger partial charge on any atom is -0.466 e. The first kappa shape index (κ1) is 14.0. The fourth-order valence-corrected chi connectivity index (χ4v) is 2.32. The highest BCUT2D eigenvalue weighted by Crippen LogP contribution is 2.56. The van der Waals surface area contributed by atoms with E-state index in [1.165, 1.54) is 0 Å². The summed E-state index contributed by atoms with van der Waals surface area (Å²) in [4.78, 5) is 11.6. The number of carbonyl (C=O) groups excluding carboxylic acids is 1. The second-order valence-corrected chi connectivity index (χ2v) is 6.20. The summed E-state index contributed by atoms with van der Waals surface area (Å²) in [6.07, 6.45) is 0.237. The maximum absolute atomic E-state index is 14.6. The maximum Gasteiger partial charge on any atom is 0.312 e. The summed E-state index contributed by atoms with van der Waals surface area (Å²) in [6, 6.07) is 7.47. The topological polar surface area (TPSA) is 26.3 Å². The molecule has 3 heteroatoms. The van der Waals surface area contributed by atoms with E-state index >= 15 is 0 Å². The van der Waals surface area contributed by atoms with Crippen molar-refractivity contribution in [3.8, 4) is 0 Å². The quantitative estimate of drug-likeness (QED) is 0.777. The van der Waals surface area contributed by atoms with Crippen LogP contribution >= 0.6 is 0 Å². The molecular formula is C16H21FO2. The molecule has 1 aliphatic rings. The Hall–Kier alpha value is -1.38. The van der Waals surface area contributed by atoms with E-state index in [2.05, 4.69) is 20.8 Å². The van der Waals surface area contributed by atoms with Gasteiger partial charge in [0.25, 0.3) is 0 Å². The molecule has 1 aromatic carbocycles. The molecule has 0 heterocycles. The number of halogens is 1. The summed E-state index contributed by atoms with van der Waals surface area (Å²) in [6.45, 7) is 8.38. The Bertz CT molecular complexity index is 473. The number of esters is 1. The number of hydrogen-bond acceptors (Lipinski definition) is 2. The Kier molecular flexibility index (Phi) is 3.41. The molecule has 0 aromatic heterocycles. The number of rotatable bonds is 3. The summed E-state index contributed by atoms with van der Waals surface area (Å²) < 4.78 is 19.5. The highest BCUT2D eigenvalue weighted by atomic mass is 19.1. The monoisotopic (exact) mass is 264 g/mol. The molecule has 1 saturated carbocycles. The minimum atomic E-state index is -1.53. The van der Waals surface area contributed by atoms with Crippen LogP contribution in [0.15, 0.2) is 24.3 Å². The lowest BCUT2D eigenvalue weighted by atomic mass is 9.86. The highest BCUT2D eigenvalue weighted by Gasteiger charge is 2.61. The van der Waals surface area contributed by atoms with Crippen LogP contribution in [0, 0.1) is 5.92 Å². The lowest BCUT2D eigenvalue weighted by Crippen LogP contribution is -2.15. The Balaban J connectivity index is 2.14. The third kappa shape index (κ3) is 2.65. The average molecular weight is 264 g/mol. The number of hydrogen-bond donors (Lipinski definition) is 0. The van der Waals surface area contributed by atoms with Gasteiger partial charge in [0, 0.05) is 6.42 Å². The predicted octanol–water partition coefficient (Wildman–Crippen LogP) is 3.73. The van der Waals surface area contributed by atoms with Crippen molar-refractivity contribution in [1.29, 1.82) is 0 Å². The van der Waals surface area contributed by atoms with E-state index < -0.39 is 17.6 Å². The van der Waals surface area contributed by atoms with Crippen LogP contribution in [-0.2, 0) is 20.6 Å². The van der Waals surface area contributed by atoms with Gasteiger partial charge in [0.15, 0.2) is 0 Å². The zero-order chi connectivity index (χ0) is 14.3. The van der Waals surface area contributed by atoms with Crippen molar-refractivity contribution in [3.63, 3.8) is 0 Å². The van der Waals surface area contributed by atoms with Crippen molar-refractivity contribution in [1.82, 2.24) is 0 Å². The summed E-state index contributed by atoms with van der Waals surface area (Å²) >= 11 is 0. The molecule has 1 aromatic rings. The minimum absolute atomic E-state index is 0.0477. The molecule has 1 fully saturated rings. The normalized spacial score (nSPS) is 26.1. The first-order valence-electron chi connectivity index (χ1n) is 6.75. The van der Waals surface area contributed by atoms with Gasteiger partial charge in [0.05, 0.1) is 12.5 Å². The predicted molar refractivity (Wildman–Crippen MR) is 72.7 cm³/mol. The smallest absolute Gasteiger partial charge is 0.312 e. The molecule has 0 radical (unpaired) electrons. The number of carbonyl (C=O) groups is 1. The molecule has 0 amide bonds. The van der Waals surface area contributed by atoms with Crippen LogP contribution in [0.25, 0.3) is 0 Å². The first-order chi connectivity index (χ1) is 8.79. The van der Waals surface area contributed by atoms with Crippen molar-refractivity contribution in [2.75, 3.05) is 6.61 Å². The molecule has 19 heavy (non-hydrogen) atoms. The molecule has 0 spiro atoms. The van der Waals surface area contributed by atoms with E-state index in [9.17, 15) is 9.18 Å². The molecule has 0 aliphatic heterocycles. The summed E-state index contributed by atoms with van der Waals surface area (Å²) in [5.41, 5.74) is 0.265. The fourth-order valence-electron chi connectivity index (χ4n) is 2.32. The van der Waals surface area contributed by atoms with Gasteiger partial charge in [0.2, 0.25) is 0 Å². The largest absolute Gasteiger partial charge is 0.466 e. The van der Waals surface area contributed by atoms with Gasteiger partial charge < -0.3 is 4.74 Å². The van der Waals surface area contributed by atoms with E-state index in [-0.39, 0.29) is 11.8 Å². The van der Waals surface area contributed by atoms with Crippen molar-refractivity contribution in [2.24, 2.45) is 5.92 Å². The number of benzene rings is 1. The summed E-state index contributed by atoms with van der Waals surface area (Å²) in [7, 11) is 0. The van der Waals surface area contributed by atoms with Crippen LogP contribution < -0.4 is 0 Å². The van der Waals surface area contributed by atoms with Crippen molar-refractivity contribution in [2.45, 2.75) is 45.2 Å². The molecule has 0 bridgehead atoms. The molecular weight excluding hydrogens is 243 g/mol. The van der Waals surface area contributed by atoms with Gasteiger partial charge in [-0.05, 0) is 23.5 Å². The van der Waals surface area contributed by atoms with Crippen LogP contribution in [0.5, 0.6) is 0 Å². The van der Waals surface area contributed by atoms with E-state index in [1.807, 2.05) is 12.1 Å². The van der Waals surface area contributed by atoms with Crippen molar-refractivity contribution in [3.05, 3.63) is 35.4 Å². The molecule has 2 rings (SSSR count). The Morgan fingerprint density at radius 3 is 2.42 bits per heavy atom. The second-order valence-electron chi connectivity index (χ2n) is 6.20. The summed E-state index contributed by atoms with van der Waals surface area (Å²) in [5.74, 6) is -1.06. The molecule has 2 atom stereocenters. The van der Waals surface area contributed by atoms with Gasteiger partial charge in [-0.25, -0.2) is 4.39 Å². The number of alkyl halides is 1. The Morgan fingerprint density at radius 1 is 1.37 bits per heavy atom. The Labute approximate surface area is 114 Å². The van der Waals surface area contributed by atoms with Gasteiger partial charge >= 0.3 is 5.97 Å². The third-order valence-corrected chi connectivity index (χ3v) is 3.70. The van der Waals surface area contributed by atoms with Gasteiger partial charge in [-0.15, -0.1) is 0 Å². The maximum atomic E-state index is 14.6. The third-order valence-electron chi connectivity index (χ3n) is 3.70. The fraction of sp³-hybridized carbons (Fsp3) is 0.562. The van der Waals surface area contributed by atoms with E-state index in [1.54, 1.807) is 19.1 Å². The van der Waals surface area contributed by atoms with Crippen LogP contribution in [-0.4, -0.2) is 12.6 Å². The van der Waals surface area contributed by atoms with Crippen LogP contribution in [0.4, 0.5) is 4.39 Å².